The van der Waals surface area contributed by atoms with E-state index in [0.717, 1.165) is 41.8 Å². The Morgan fingerprint density at radius 3 is 3.12 bits per heavy atom. The first-order valence-electron chi connectivity index (χ1n) is 8.57. The predicted octanol–water partition coefficient (Wildman–Crippen LogP) is 1.54. The number of aryl methyl sites for hydroxylation is 1. The van der Waals surface area contributed by atoms with Crippen molar-refractivity contribution in [1.29, 1.82) is 0 Å². The lowest BCUT2D eigenvalue weighted by molar-refractivity contribution is -0.132. The van der Waals surface area contributed by atoms with Gasteiger partial charge in [0.1, 0.15) is 11.1 Å². The number of nitrogens with one attached hydrogen (secondary N) is 1. The Bertz CT molecular complexity index is 738. The monoisotopic (exact) mass is 359 g/mol. The number of amides is 1. The lowest BCUT2D eigenvalue weighted by Gasteiger charge is -2.33. The van der Waals surface area contributed by atoms with Crippen LogP contribution in [0.1, 0.15) is 23.5 Å². The second-order valence-electron chi connectivity index (χ2n) is 6.54. The van der Waals surface area contributed by atoms with Crippen LogP contribution in [0.4, 0.5) is 5.13 Å². The summed E-state index contributed by atoms with van der Waals surface area (Å²) in [5.74, 6) is 0.397. The third kappa shape index (κ3) is 3.64. The molecule has 7 nitrogen and oxygen atoms in total. The largest absolute Gasteiger partial charge is 0.363 e. The highest BCUT2D eigenvalue weighted by molar-refractivity contribution is 7.15. The minimum Gasteiger partial charge on any atom is -0.363 e. The van der Waals surface area contributed by atoms with Gasteiger partial charge in [-0.2, -0.15) is 0 Å². The van der Waals surface area contributed by atoms with E-state index < -0.39 is 0 Å². The number of nitrogens with zero attached hydrogens (tertiary/aromatic N) is 4. The molecule has 0 saturated carbocycles. The summed E-state index contributed by atoms with van der Waals surface area (Å²) in [5.41, 5.74) is 0.851. The number of carbonyl (C=O) groups excluding carboxylic acids is 1. The second-order valence-corrected chi connectivity index (χ2v) is 7.70. The van der Waals surface area contributed by atoms with Gasteiger partial charge in [-0.05, 0) is 37.8 Å². The van der Waals surface area contributed by atoms with E-state index in [1.54, 1.807) is 17.5 Å². The topological polar surface area (TPSA) is 80.2 Å². The third-order valence-corrected chi connectivity index (χ3v) is 5.70. The Hall–Kier alpha value is -2.06. The van der Waals surface area contributed by atoms with Gasteiger partial charge in [-0.1, -0.05) is 17.4 Å². The first-order valence-corrected chi connectivity index (χ1v) is 9.39. The summed E-state index contributed by atoms with van der Waals surface area (Å²) in [7, 11) is 0. The number of carbonyl (C=O) groups is 1. The van der Waals surface area contributed by atoms with Crippen LogP contribution in [0.15, 0.2) is 24.4 Å². The van der Waals surface area contributed by atoms with Crippen LogP contribution in [0.3, 0.4) is 0 Å². The van der Waals surface area contributed by atoms with Gasteiger partial charge in [0.15, 0.2) is 0 Å². The summed E-state index contributed by atoms with van der Waals surface area (Å²) in [6, 6.07) is 5.68. The van der Waals surface area contributed by atoms with E-state index in [2.05, 4.69) is 25.4 Å². The number of hydrogen-bond acceptors (Lipinski definition) is 7. The Labute approximate surface area is 150 Å². The lowest BCUT2D eigenvalue weighted by Crippen LogP contribution is -2.42. The van der Waals surface area contributed by atoms with Crippen molar-refractivity contribution in [2.45, 2.75) is 38.5 Å². The average Bonchev–Trinajstić information content (AvgIpc) is 3.26. The molecule has 0 aromatic carbocycles. The maximum Gasteiger partial charge on any atom is 0.249 e. The zero-order chi connectivity index (χ0) is 17.2. The van der Waals surface area contributed by atoms with Crippen LogP contribution < -0.4 is 10.2 Å². The molecule has 0 spiro atoms. The van der Waals surface area contributed by atoms with Crippen molar-refractivity contribution in [3.63, 3.8) is 0 Å². The predicted molar refractivity (Wildman–Crippen MR) is 94.3 cm³/mol. The van der Waals surface area contributed by atoms with Crippen molar-refractivity contribution in [2.24, 2.45) is 5.92 Å². The standard InChI is InChI=1S/C17H21N5O2S/c1-11-20-21-17(25-11)22-7-5-12-8-14(24-15(12)10-22)16(23)19-9-13-4-2-3-6-18-13/h2-4,6,12,14-15H,5,7-10H2,1H3,(H,19,23)/t12-,14-,15+/m0/s1. The van der Waals surface area contributed by atoms with Crippen molar-refractivity contribution >= 4 is 22.4 Å². The molecule has 1 N–H and O–H groups in total. The van der Waals surface area contributed by atoms with Crippen LogP contribution in [0.2, 0.25) is 0 Å². The second kappa shape index (κ2) is 7.05. The fraction of sp³-hybridized carbons (Fsp3) is 0.529. The minimum absolute atomic E-state index is 0.0432. The van der Waals surface area contributed by atoms with Gasteiger partial charge in [0.25, 0.3) is 0 Å². The molecule has 0 radical (unpaired) electrons. The summed E-state index contributed by atoms with van der Waals surface area (Å²) < 4.78 is 6.06. The molecule has 0 bridgehead atoms. The molecule has 4 rings (SSSR count). The zero-order valence-electron chi connectivity index (χ0n) is 14.1. The smallest absolute Gasteiger partial charge is 0.249 e. The fourth-order valence-electron chi connectivity index (χ4n) is 3.48. The van der Waals surface area contributed by atoms with Crippen molar-refractivity contribution in [3.8, 4) is 0 Å². The van der Waals surface area contributed by atoms with Crippen LogP contribution in [0, 0.1) is 12.8 Å². The minimum atomic E-state index is -0.366. The van der Waals surface area contributed by atoms with Gasteiger partial charge in [0.05, 0.1) is 18.3 Å². The van der Waals surface area contributed by atoms with E-state index in [4.69, 9.17) is 4.74 Å². The Balaban J connectivity index is 1.32. The first-order chi connectivity index (χ1) is 12.2. The summed E-state index contributed by atoms with van der Waals surface area (Å²) in [6.45, 7) is 4.12. The van der Waals surface area contributed by atoms with E-state index in [9.17, 15) is 4.79 Å². The number of piperidine rings is 1. The number of fused-ring (bicyclic) bond motifs is 1. The third-order valence-electron chi connectivity index (χ3n) is 4.80. The van der Waals surface area contributed by atoms with Crippen molar-refractivity contribution < 1.29 is 9.53 Å². The maximum atomic E-state index is 12.4. The summed E-state index contributed by atoms with van der Waals surface area (Å²) in [6.07, 6.45) is 3.26. The number of aromatic nitrogens is 3. The van der Waals surface area contributed by atoms with Crippen molar-refractivity contribution in [1.82, 2.24) is 20.5 Å². The number of pyridine rings is 1. The number of hydrogen-bond donors (Lipinski definition) is 1. The highest BCUT2D eigenvalue weighted by Crippen LogP contribution is 2.35. The van der Waals surface area contributed by atoms with E-state index in [1.807, 2.05) is 25.1 Å². The molecule has 4 heterocycles. The molecule has 3 atom stereocenters. The molecular formula is C17H21N5O2S. The van der Waals surface area contributed by atoms with E-state index in [-0.39, 0.29) is 18.1 Å². The molecule has 0 unspecified atom stereocenters. The Kier molecular flexibility index (Phi) is 4.63. The molecular weight excluding hydrogens is 338 g/mol. The van der Waals surface area contributed by atoms with Gasteiger partial charge in [-0.3, -0.25) is 9.78 Å². The highest BCUT2D eigenvalue weighted by Gasteiger charge is 2.42. The highest BCUT2D eigenvalue weighted by atomic mass is 32.1. The van der Waals surface area contributed by atoms with Gasteiger partial charge in [0.2, 0.25) is 11.0 Å². The normalized spacial score (nSPS) is 25.6. The fourth-order valence-corrected chi connectivity index (χ4v) is 4.20. The van der Waals surface area contributed by atoms with Crippen molar-refractivity contribution in [3.05, 3.63) is 35.1 Å². The Morgan fingerprint density at radius 2 is 2.36 bits per heavy atom. The van der Waals surface area contributed by atoms with Crippen LogP contribution in [0.5, 0.6) is 0 Å². The molecule has 2 saturated heterocycles. The van der Waals surface area contributed by atoms with Gasteiger partial charge in [0, 0.05) is 19.3 Å². The summed E-state index contributed by atoms with van der Waals surface area (Å²) in [4.78, 5) is 18.9. The molecule has 1 amide bonds. The van der Waals surface area contributed by atoms with Crippen LogP contribution >= 0.6 is 11.3 Å². The molecule has 2 aliphatic rings. The summed E-state index contributed by atoms with van der Waals surface area (Å²) >= 11 is 1.60. The van der Waals surface area contributed by atoms with E-state index in [0.29, 0.717) is 12.5 Å². The molecule has 132 valence electrons. The van der Waals surface area contributed by atoms with E-state index in [1.165, 1.54) is 0 Å². The van der Waals surface area contributed by atoms with E-state index >= 15 is 0 Å². The molecule has 0 aliphatic carbocycles. The number of rotatable bonds is 4. The number of anilines is 1. The molecule has 2 aromatic rings. The van der Waals surface area contributed by atoms with Crippen LogP contribution in [-0.2, 0) is 16.1 Å². The molecule has 2 fully saturated rings. The molecule has 25 heavy (non-hydrogen) atoms. The lowest BCUT2D eigenvalue weighted by atomic mass is 9.92. The maximum absolute atomic E-state index is 12.4. The summed E-state index contributed by atoms with van der Waals surface area (Å²) in [5, 5.41) is 13.2. The zero-order valence-corrected chi connectivity index (χ0v) is 14.9. The quantitative estimate of drug-likeness (QED) is 0.892. The SMILES string of the molecule is Cc1nnc(N2CC[C@H]3C[C@@H](C(=O)NCc4ccccn4)O[C@@H]3C2)s1. The van der Waals surface area contributed by atoms with Gasteiger partial charge in [-0.15, -0.1) is 10.2 Å². The van der Waals surface area contributed by atoms with Gasteiger partial charge < -0.3 is 15.0 Å². The molecule has 2 aliphatic heterocycles. The molecule has 8 heteroatoms. The van der Waals surface area contributed by atoms with Crippen molar-refractivity contribution in [2.75, 3.05) is 18.0 Å². The van der Waals surface area contributed by atoms with Crippen LogP contribution in [-0.4, -0.2) is 46.4 Å². The Morgan fingerprint density at radius 1 is 1.44 bits per heavy atom. The van der Waals surface area contributed by atoms with Crippen LogP contribution in [0.25, 0.3) is 0 Å². The number of ether oxygens (including phenoxy) is 1. The van der Waals surface area contributed by atoms with Gasteiger partial charge in [-0.25, -0.2) is 0 Å². The van der Waals surface area contributed by atoms with Gasteiger partial charge >= 0.3 is 0 Å². The first kappa shape index (κ1) is 16.4. The molecule has 2 aromatic heterocycles. The average molecular weight is 359 g/mol.